The SMILES string of the molecule is COc1ccc([C@H](NC(=O)c2cc(F)c3cnc(NC4CCCCC4)nc3c2)c2cnn(C)c2)cc1F. The summed E-state index contributed by atoms with van der Waals surface area (Å²) in [7, 11) is 3.13. The van der Waals surface area contributed by atoms with Gasteiger partial charge < -0.3 is 15.4 Å². The van der Waals surface area contributed by atoms with E-state index >= 15 is 0 Å². The summed E-state index contributed by atoms with van der Waals surface area (Å²) in [6.45, 7) is 0. The van der Waals surface area contributed by atoms with Crippen LogP contribution in [0.5, 0.6) is 5.75 Å². The predicted molar refractivity (Wildman–Crippen MR) is 135 cm³/mol. The highest BCUT2D eigenvalue weighted by Crippen LogP contribution is 2.28. The van der Waals surface area contributed by atoms with E-state index in [9.17, 15) is 13.6 Å². The summed E-state index contributed by atoms with van der Waals surface area (Å²) < 4.78 is 36.1. The van der Waals surface area contributed by atoms with Gasteiger partial charge in [0, 0.05) is 36.6 Å². The molecule has 0 saturated heterocycles. The van der Waals surface area contributed by atoms with E-state index < -0.39 is 23.6 Å². The monoisotopic (exact) mass is 506 g/mol. The van der Waals surface area contributed by atoms with Crippen LogP contribution < -0.4 is 15.4 Å². The van der Waals surface area contributed by atoms with Crippen molar-refractivity contribution in [1.82, 2.24) is 25.1 Å². The van der Waals surface area contributed by atoms with Gasteiger partial charge in [-0.05, 0) is 42.7 Å². The van der Waals surface area contributed by atoms with Crippen molar-refractivity contribution in [2.24, 2.45) is 7.05 Å². The number of nitrogens with zero attached hydrogens (tertiary/aromatic N) is 4. The van der Waals surface area contributed by atoms with Crippen molar-refractivity contribution < 1.29 is 18.3 Å². The molecule has 10 heteroatoms. The maximum atomic E-state index is 15.0. The van der Waals surface area contributed by atoms with E-state index in [1.54, 1.807) is 30.2 Å². The van der Waals surface area contributed by atoms with Gasteiger partial charge in [-0.2, -0.15) is 5.10 Å². The summed E-state index contributed by atoms with van der Waals surface area (Å²) in [5, 5.41) is 10.6. The Balaban J connectivity index is 1.44. The fourth-order valence-corrected chi connectivity index (χ4v) is 4.75. The topological polar surface area (TPSA) is 94.0 Å². The maximum Gasteiger partial charge on any atom is 0.252 e. The molecule has 1 fully saturated rings. The number of rotatable bonds is 7. The average molecular weight is 507 g/mol. The summed E-state index contributed by atoms with van der Waals surface area (Å²) in [6.07, 6.45) is 10.4. The molecule has 0 spiro atoms. The molecule has 2 aromatic heterocycles. The molecule has 1 aliphatic rings. The minimum absolute atomic E-state index is 0.0916. The Kier molecular flexibility index (Phi) is 6.98. The first-order chi connectivity index (χ1) is 17.9. The number of anilines is 1. The lowest BCUT2D eigenvalue weighted by atomic mass is 9.96. The third-order valence-electron chi connectivity index (χ3n) is 6.69. The van der Waals surface area contributed by atoms with Gasteiger partial charge in [-0.25, -0.2) is 18.7 Å². The number of nitrogens with one attached hydrogen (secondary N) is 2. The molecular weight excluding hydrogens is 478 g/mol. The standard InChI is InChI=1S/C27H28F2N6O2/c1-35-15-18(13-31-35)25(16-8-9-24(37-2)22(29)10-16)34-26(36)17-11-21(28)20-14-30-27(33-23(20)12-17)32-19-6-4-3-5-7-19/h8-15,19,25H,3-7H2,1-2H3,(H,34,36)(H,30,32,33)/t25-/m0/s1. The quantitative estimate of drug-likeness (QED) is 0.370. The molecule has 1 atom stereocenters. The highest BCUT2D eigenvalue weighted by atomic mass is 19.1. The van der Waals surface area contributed by atoms with Gasteiger partial charge in [0.2, 0.25) is 5.95 Å². The Labute approximate surface area is 213 Å². The zero-order valence-electron chi connectivity index (χ0n) is 20.7. The third-order valence-corrected chi connectivity index (χ3v) is 6.69. The molecule has 37 heavy (non-hydrogen) atoms. The lowest BCUT2D eigenvalue weighted by Crippen LogP contribution is -2.29. The Hall–Kier alpha value is -4.08. The first-order valence-corrected chi connectivity index (χ1v) is 12.3. The molecule has 0 unspecified atom stereocenters. The van der Waals surface area contributed by atoms with Crippen LogP contribution in [0, 0.1) is 11.6 Å². The highest BCUT2D eigenvalue weighted by molar-refractivity contribution is 5.98. The van der Waals surface area contributed by atoms with E-state index in [-0.39, 0.29) is 22.7 Å². The Morgan fingerprint density at radius 1 is 1.08 bits per heavy atom. The lowest BCUT2D eigenvalue weighted by molar-refractivity contribution is 0.0942. The van der Waals surface area contributed by atoms with Gasteiger partial charge in [0.05, 0.1) is 30.3 Å². The first-order valence-electron chi connectivity index (χ1n) is 12.3. The van der Waals surface area contributed by atoms with Crippen LogP contribution in [0.1, 0.15) is 59.6 Å². The molecule has 0 radical (unpaired) electrons. The number of ether oxygens (including phenoxy) is 1. The number of carbonyl (C=O) groups is 1. The number of hydrogen-bond acceptors (Lipinski definition) is 6. The first kappa shape index (κ1) is 24.6. The largest absolute Gasteiger partial charge is 0.494 e. The molecule has 5 rings (SSSR count). The van der Waals surface area contributed by atoms with Gasteiger partial charge in [-0.1, -0.05) is 25.3 Å². The van der Waals surface area contributed by atoms with Crippen LogP contribution in [0.15, 0.2) is 48.9 Å². The molecule has 2 N–H and O–H groups in total. The minimum Gasteiger partial charge on any atom is -0.494 e. The third kappa shape index (κ3) is 5.37. The lowest BCUT2D eigenvalue weighted by Gasteiger charge is -2.22. The van der Waals surface area contributed by atoms with Crippen molar-refractivity contribution in [2.45, 2.75) is 44.2 Å². The summed E-state index contributed by atoms with van der Waals surface area (Å²) >= 11 is 0. The Bertz CT molecular complexity index is 1430. The molecule has 2 heterocycles. The van der Waals surface area contributed by atoms with E-state index in [0.717, 1.165) is 31.7 Å². The van der Waals surface area contributed by atoms with E-state index in [1.165, 1.54) is 37.9 Å². The number of aromatic nitrogens is 4. The zero-order chi connectivity index (χ0) is 25.9. The number of halogens is 2. The van der Waals surface area contributed by atoms with Gasteiger partial charge in [0.15, 0.2) is 11.6 Å². The van der Waals surface area contributed by atoms with E-state index in [0.29, 0.717) is 22.6 Å². The van der Waals surface area contributed by atoms with Crippen LogP contribution in [-0.4, -0.2) is 38.8 Å². The molecule has 8 nitrogen and oxygen atoms in total. The Morgan fingerprint density at radius 3 is 2.59 bits per heavy atom. The fraction of sp³-hybridized carbons (Fsp3) is 0.333. The normalized spacial score (nSPS) is 14.9. The number of aryl methyl sites for hydroxylation is 1. The minimum atomic E-state index is -0.728. The molecule has 192 valence electrons. The van der Waals surface area contributed by atoms with Crippen molar-refractivity contribution in [3.63, 3.8) is 0 Å². The van der Waals surface area contributed by atoms with Gasteiger partial charge in [-0.15, -0.1) is 0 Å². The summed E-state index contributed by atoms with van der Waals surface area (Å²) in [5.74, 6) is -1.19. The molecule has 2 aromatic carbocycles. The number of carbonyl (C=O) groups excluding carboxylic acids is 1. The number of hydrogen-bond donors (Lipinski definition) is 2. The van der Waals surface area contributed by atoms with Crippen LogP contribution in [0.25, 0.3) is 10.9 Å². The molecule has 0 aliphatic heterocycles. The van der Waals surface area contributed by atoms with Crippen molar-refractivity contribution in [3.8, 4) is 5.75 Å². The summed E-state index contributed by atoms with van der Waals surface area (Å²) in [6, 6.07) is 6.71. The molecule has 1 amide bonds. The van der Waals surface area contributed by atoms with Crippen molar-refractivity contribution in [2.75, 3.05) is 12.4 Å². The second kappa shape index (κ2) is 10.5. The van der Waals surface area contributed by atoms with Gasteiger partial charge in [0.1, 0.15) is 5.82 Å². The number of fused-ring (bicyclic) bond motifs is 1. The molecular formula is C27H28F2N6O2. The van der Waals surface area contributed by atoms with Crippen LogP contribution in [0.3, 0.4) is 0 Å². The molecule has 1 aliphatic carbocycles. The maximum absolute atomic E-state index is 15.0. The second-order valence-corrected chi connectivity index (χ2v) is 9.31. The number of methoxy groups -OCH3 is 1. The van der Waals surface area contributed by atoms with Crippen LogP contribution in [-0.2, 0) is 7.05 Å². The van der Waals surface area contributed by atoms with Gasteiger partial charge >= 0.3 is 0 Å². The molecule has 4 aromatic rings. The Morgan fingerprint density at radius 2 is 1.89 bits per heavy atom. The predicted octanol–water partition coefficient (Wildman–Crippen LogP) is 4.91. The van der Waals surface area contributed by atoms with E-state index in [4.69, 9.17) is 4.74 Å². The fourth-order valence-electron chi connectivity index (χ4n) is 4.75. The molecule has 1 saturated carbocycles. The smallest absolute Gasteiger partial charge is 0.252 e. The van der Waals surface area contributed by atoms with E-state index in [1.807, 2.05) is 0 Å². The number of benzene rings is 2. The summed E-state index contributed by atoms with van der Waals surface area (Å²) in [4.78, 5) is 22.1. The molecule has 0 bridgehead atoms. The van der Waals surface area contributed by atoms with E-state index in [2.05, 4.69) is 25.7 Å². The van der Waals surface area contributed by atoms with Crippen LogP contribution in [0.2, 0.25) is 0 Å². The van der Waals surface area contributed by atoms with Crippen molar-refractivity contribution in [3.05, 3.63) is 77.2 Å². The summed E-state index contributed by atoms with van der Waals surface area (Å²) in [5.41, 5.74) is 1.55. The van der Waals surface area contributed by atoms with Crippen LogP contribution >= 0.6 is 0 Å². The number of amides is 1. The van der Waals surface area contributed by atoms with Crippen molar-refractivity contribution >= 4 is 22.8 Å². The van der Waals surface area contributed by atoms with Crippen LogP contribution in [0.4, 0.5) is 14.7 Å². The second-order valence-electron chi connectivity index (χ2n) is 9.31. The average Bonchev–Trinajstić information content (AvgIpc) is 3.33. The zero-order valence-corrected chi connectivity index (χ0v) is 20.7. The van der Waals surface area contributed by atoms with Gasteiger partial charge in [0.25, 0.3) is 5.91 Å². The van der Waals surface area contributed by atoms with Gasteiger partial charge in [-0.3, -0.25) is 9.48 Å². The van der Waals surface area contributed by atoms with Crippen molar-refractivity contribution in [1.29, 1.82) is 0 Å². The highest BCUT2D eigenvalue weighted by Gasteiger charge is 2.22.